The molecule has 1 aromatic heterocycles. The molecule has 1 fully saturated rings. The zero-order chi connectivity index (χ0) is 19.5. The number of benzene rings is 2. The number of halogens is 1. The summed E-state index contributed by atoms with van der Waals surface area (Å²) in [6.45, 7) is 3.74. The van der Waals surface area contributed by atoms with E-state index in [2.05, 4.69) is 4.98 Å². The summed E-state index contributed by atoms with van der Waals surface area (Å²) in [5.74, 6) is 1.18. The van der Waals surface area contributed by atoms with Gasteiger partial charge in [-0.3, -0.25) is 4.79 Å². The third kappa shape index (κ3) is 4.47. The topological polar surface area (TPSA) is 38.1 Å². The van der Waals surface area contributed by atoms with Crippen molar-refractivity contribution in [2.45, 2.75) is 32.9 Å². The number of nitrogens with zero attached hydrogens (tertiary/aromatic N) is 3. The predicted octanol–water partition coefficient (Wildman–Crippen LogP) is 4.43. The van der Waals surface area contributed by atoms with Crippen LogP contribution in [0.2, 0.25) is 0 Å². The molecular formula is C23H24FN3O. The maximum absolute atomic E-state index is 13.5. The average Bonchev–Trinajstić information content (AvgIpc) is 3.40. The first-order valence-electron chi connectivity index (χ1n) is 9.69. The standard InChI is InChI=1S/C23H24FN3O/c1-17-5-9-20(10-6-17)23(28)27(14-18-7-8-18)16-22-25-11-12-26(22)15-19-3-2-4-21(24)13-19/h2-6,9-13,18H,7-8,14-16H2,1H3. The molecule has 28 heavy (non-hydrogen) atoms. The van der Waals surface area contributed by atoms with Gasteiger partial charge >= 0.3 is 0 Å². The summed E-state index contributed by atoms with van der Waals surface area (Å²) in [7, 11) is 0. The lowest BCUT2D eigenvalue weighted by atomic mass is 10.1. The van der Waals surface area contributed by atoms with Gasteiger partial charge in [-0.2, -0.15) is 0 Å². The third-order valence-electron chi connectivity index (χ3n) is 5.14. The molecule has 0 spiro atoms. The Labute approximate surface area is 164 Å². The van der Waals surface area contributed by atoms with Gasteiger partial charge in [0.2, 0.25) is 0 Å². The normalized spacial score (nSPS) is 13.5. The van der Waals surface area contributed by atoms with Gasteiger partial charge in [0.05, 0.1) is 6.54 Å². The summed E-state index contributed by atoms with van der Waals surface area (Å²) in [5.41, 5.74) is 2.71. The van der Waals surface area contributed by atoms with Gasteiger partial charge in [0, 0.05) is 31.0 Å². The molecule has 1 saturated carbocycles. The fraction of sp³-hybridized carbons (Fsp3) is 0.304. The molecule has 0 N–H and O–H groups in total. The SMILES string of the molecule is Cc1ccc(C(=O)N(Cc2nccn2Cc2cccc(F)c2)CC2CC2)cc1. The van der Waals surface area contributed by atoms with Crippen LogP contribution in [0.5, 0.6) is 0 Å². The second-order valence-corrected chi connectivity index (χ2v) is 7.60. The minimum absolute atomic E-state index is 0.0344. The number of imidazole rings is 1. The lowest BCUT2D eigenvalue weighted by Gasteiger charge is -2.23. The van der Waals surface area contributed by atoms with Crippen LogP contribution in [0.25, 0.3) is 0 Å². The molecule has 3 aromatic rings. The van der Waals surface area contributed by atoms with Gasteiger partial charge in [-0.15, -0.1) is 0 Å². The number of carbonyl (C=O) groups excluding carboxylic acids is 1. The molecule has 4 rings (SSSR count). The van der Waals surface area contributed by atoms with E-state index in [0.29, 0.717) is 24.6 Å². The number of carbonyl (C=O) groups is 1. The van der Waals surface area contributed by atoms with Crippen LogP contribution >= 0.6 is 0 Å². The molecule has 4 nitrogen and oxygen atoms in total. The summed E-state index contributed by atoms with van der Waals surface area (Å²) in [4.78, 5) is 19.5. The Bertz CT molecular complexity index is 960. The molecule has 0 bridgehead atoms. The van der Waals surface area contributed by atoms with E-state index >= 15 is 0 Å². The minimum atomic E-state index is -0.246. The maximum Gasteiger partial charge on any atom is 0.254 e. The van der Waals surface area contributed by atoms with Crippen LogP contribution in [0.15, 0.2) is 60.9 Å². The molecule has 1 aliphatic carbocycles. The smallest absolute Gasteiger partial charge is 0.254 e. The molecule has 5 heteroatoms. The lowest BCUT2D eigenvalue weighted by Crippen LogP contribution is -2.33. The fourth-order valence-electron chi connectivity index (χ4n) is 3.35. The Balaban J connectivity index is 1.53. The highest BCUT2D eigenvalue weighted by molar-refractivity contribution is 5.94. The van der Waals surface area contributed by atoms with E-state index in [1.54, 1.807) is 12.3 Å². The molecule has 0 unspecified atom stereocenters. The quantitative estimate of drug-likeness (QED) is 0.611. The highest BCUT2D eigenvalue weighted by atomic mass is 19.1. The molecule has 1 amide bonds. The Morgan fingerprint density at radius 3 is 2.71 bits per heavy atom. The Hall–Kier alpha value is -2.95. The van der Waals surface area contributed by atoms with E-state index in [0.717, 1.165) is 23.5 Å². The predicted molar refractivity (Wildman–Crippen MR) is 106 cm³/mol. The summed E-state index contributed by atoms with van der Waals surface area (Å²) in [5, 5.41) is 0. The zero-order valence-corrected chi connectivity index (χ0v) is 16.0. The number of hydrogen-bond donors (Lipinski definition) is 0. The molecule has 1 heterocycles. The van der Waals surface area contributed by atoms with Crippen molar-refractivity contribution in [3.05, 3.63) is 89.3 Å². The average molecular weight is 377 g/mol. The summed E-state index contributed by atoms with van der Waals surface area (Å²) < 4.78 is 15.5. The van der Waals surface area contributed by atoms with Crippen molar-refractivity contribution in [1.29, 1.82) is 0 Å². The number of hydrogen-bond acceptors (Lipinski definition) is 2. The Morgan fingerprint density at radius 1 is 1.21 bits per heavy atom. The molecule has 144 valence electrons. The van der Waals surface area contributed by atoms with Gasteiger partial charge in [0.15, 0.2) is 0 Å². The van der Waals surface area contributed by atoms with Crippen LogP contribution < -0.4 is 0 Å². The first-order valence-corrected chi connectivity index (χ1v) is 9.69. The summed E-state index contributed by atoms with van der Waals surface area (Å²) in [6.07, 6.45) is 5.97. The zero-order valence-electron chi connectivity index (χ0n) is 16.0. The fourth-order valence-corrected chi connectivity index (χ4v) is 3.35. The van der Waals surface area contributed by atoms with Gasteiger partial charge in [0.25, 0.3) is 5.91 Å². The van der Waals surface area contributed by atoms with E-state index in [4.69, 9.17) is 0 Å². The Kier molecular flexibility index (Phi) is 5.24. The van der Waals surface area contributed by atoms with E-state index in [9.17, 15) is 9.18 Å². The highest BCUT2D eigenvalue weighted by Crippen LogP contribution is 2.30. The summed E-state index contributed by atoms with van der Waals surface area (Å²) >= 11 is 0. The van der Waals surface area contributed by atoms with Gasteiger partial charge in [0.1, 0.15) is 11.6 Å². The van der Waals surface area contributed by atoms with Crippen LogP contribution in [-0.4, -0.2) is 26.9 Å². The molecular weight excluding hydrogens is 353 g/mol. The lowest BCUT2D eigenvalue weighted by molar-refractivity contribution is 0.0729. The van der Waals surface area contributed by atoms with Crippen LogP contribution in [0.1, 0.15) is 40.2 Å². The minimum Gasteiger partial charge on any atom is -0.331 e. The van der Waals surface area contributed by atoms with E-state index in [1.165, 1.54) is 25.0 Å². The van der Waals surface area contributed by atoms with Gasteiger partial charge in [-0.05, 0) is 55.5 Å². The van der Waals surface area contributed by atoms with E-state index in [-0.39, 0.29) is 11.7 Å². The number of aromatic nitrogens is 2. The Morgan fingerprint density at radius 2 is 2.00 bits per heavy atom. The molecule has 0 radical (unpaired) electrons. The molecule has 1 aliphatic rings. The van der Waals surface area contributed by atoms with Gasteiger partial charge in [-0.1, -0.05) is 29.8 Å². The van der Waals surface area contributed by atoms with Crippen molar-refractivity contribution in [2.24, 2.45) is 5.92 Å². The van der Waals surface area contributed by atoms with Crippen LogP contribution in [0.4, 0.5) is 4.39 Å². The second kappa shape index (κ2) is 7.97. The van der Waals surface area contributed by atoms with Crippen LogP contribution in [0.3, 0.4) is 0 Å². The van der Waals surface area contributed by atoms with Crippen molar-refractivity contribution >= 4 is 5.91 Å². The first kappa shape index (κ1) is 18.4. The maximum atomic E-state index is 13.5. The van der Waals surface area contributed by atoms with Crippen LogP contribution in [-0.2, 0) is 13.1 Å². The van der Waals surface area contributed by atoms with Crippen molar-refractivity contribution in [3.8, 4) is 0 Å². The van der Waals surface area contributed by atoms with Crippen molar-refractivity contribution < 1.29 is 9.18 Å². The van der Waals surface area contributed by atoms with Crippen molar-refractivity contribution in [2.75, 3.05) is 6.54 Å². The molecule has 2 aromatic carbocycles. The monoisotopic (exact) mass is 377 g/mol. The van der Waals surface area contributed by atoms with Crippen molar-refractivity contribution in [1.82, 2.24) is 14.5 Å². The number of amides is 1. The third-order valence-corrected chi connectivity index (χ3v) is 5.14. The molecule has 0 aliphatic heterocycles. The molecule has 0 saturated heterocycles. The van der Waals surface area contributed by atoms with E-state index in [1.807, 2.05) is 52.9 Å². The van der Waals surface area contributed by atoms with E-state index < -0.39 is 0 Å². The van der Waals surface area contributed by atoms with Gasteiger partial charge in [-0.25, -0.2) is 9.37 Å². The van der Waals surface area contributed by atoms with Crippen molar-refractivity contribution in [3.63, 3.8) is 0 Å². The first-order chi connectivity index (χ1) is 13.6. The number of aryl methyl sites for hydroxylation is 1. The highest BCUT2D eigenvalue weighted by Gasteiger charge is 2.28. The number of rotatable bonds is 7. The van der Waals surface area contributed by atoms with Gasteiger partial charge < -0.3 is 9.47 Å². The summed E-state index contributed by atoms with van der Waals surface area (Å²) in [6, 6.07) is 14.3. The second-order valence-electron chi connectivity index (χ2n) is 7.60. The molecule has 0 atom stereocenters. The van der Waals surface area contributed by atoms with Crippen LogP contribution in [0, 0.1) is 18.7 Å². The largest absolute Gasteiger partial charge is 0.331 e.